The molecule has 0 heterocycles. The van der Waals surface area contributed by atoms with Crippen LogP contribution in [0.1, 0.15) is 13.3 Å². The second kappa shape index (κ2) is 2.29. The van der Waals surface area contributed by atoms with Crippen molar-refractivity contribution in [3.63, 3.8) is 0 Å². The summed E-state index contributed by atoms with van der Waals surface area (Å²) in [5.41, 5.74) is 6.98. The second-order valence-corrected chi connectivity index (χ2v) is 1.82. The molecule has 0 fully saturated rings. The molecule has 0 aromatic heterocycles. The summed E-state index contributed by atoms with van der Waals surface area (Å²) in [7, 11) is 0. The van der Waals surface area contributed by atoms with Gasteiger partial charge in [-0.25, -0.2) is 0 Å². The van der Waals surface area contributed by atoms with E-state index < -0.39 is 0 Å². The number of allylic oxidation sites excluding steroid dienone is 2. The summed E-state index contributed by atoms with van der Waals surface area (Å²) in [6, 6.07) is 0. The van der Waals surface area contributed by atoms with E-state index in [2.05, 4.69) is 23.7 Å². The van der Waals surface area contributed by atoms with Crippen molar-refractivity contribution in [2.75, 3.05) is 0 Å². The van der Waals surface area contributed by atoms with Crippen LogP contribution in [0.4, 0.5) is 0 Å². The molecular formula is C8H7N. The zero-order chi connectivity index (χ0) is 6.69. The molecule has 1 aliphatic carbocycles. The normalized spacial score (nSPS) is 14.8. The maximum Gasteiger partial charge on any atom is 0.0941 e. The second-order valence-electron chi connectivity index (χ2n) is 1.82. The zero-order valence-electron chi connectivity index (χ0n) is 5.28. The van der Waals surface area contributed by atoms with E-state index in [1.54, 1.807) is 0 Å². The van der Waals surface area contributed by atoms with Gasteiger partial charge in [0.05, 0.1) is 12.1 Å². The van der Waals surface area contributed by atoms with Gasteiger partial charge in [0.2, 0.25) is 0 Å². The maximum absolute atomic E-state index is 5.48. The van der Waals surface area contributed by atoms with Crippen LogP contribution < -0.4 is 5.73 Å². The van der Waals surface area contributed by atoms with Gasteiger partial charge in [-0.15, -0.1) is 0 Å². The van der Waals surface area contributed by atoms with Crippen LogP contribution in [0, 0.1) is 23.7 Å². The lowest BCUT2D eigenvalue weighted by molar-refractivity contribution is 1.37. The van der Waals surface area contributed by atoms with Gasteiger partial charge in [-0.1, -0.05) is 17.8 Å². The minimum absolute atomic E-state index is 0.611. The molecule has 0 unspecified atom stereocenters. The molecule has 0 spiro atoms. The van der Waals surface area contributed by atoms with Crippen molar-refractivity contribution in [3.05, 3.63) is 11.3 Å². The fourth-order valence-corrected chi connectivity index (χ4v) is 0.521. The molecule has 2 N–H and O–H groups in total. The summed E-state index contributed by atoms with van der Waals surface area (Å²) in [6.07, 6.45) is 0.637. The van der Waals surface area contributed by atoms with Crippen molar-refractivity contribution >= 4 is 0 Å². The van der Waals surface area contributed by atoms with Crippen LogP contribution in [0.25, 0.3) is 0 Å². The van der Waals surface area contributed by atoms with Gasteiger partial charge < -0.3 is 5.73 Å². The maximum atomic E-state index is 5.48. The van der Waals surface area contributed by atoms with E-state index in [-0.39, 0.29) is 0 Å². The van der Waals surface area contributed by atoms with Gasteiger partial charge in [0.1, 0.15) is 0 Å². The Hall–Kier alpha value is -1.34. The summed E-state index contributed by atoms with van der Waals surface area (Å²) in [5, 5.41) is 0. The molecular weight excluding hydrogens is 110 g/mol. The fraction of sp³-hybridized carbons (Fsp3) is 0.250. The van der Waals surface area contributed by atoms with Crippen LogP contribution in [0.5, 0.6) is 0 Å². The van der Waals surface area contributed by atoms with E-state index in [1.165, 1.54) is 0 Å². The van der Waals surface area contributed by atoms with E-state index in [0.717, 1.165) is 5.57 Å². The van der Waals surface area contributed by atoms with E-state index in [1.807, 2.05) is 6.92 Å². The quantitative estimate of drug-likeness (QED) is 0.463. The van der Waals surface area contributed by atoms with E-state index >= 15 is 0 Å². The Kier molecular flexibility index (Phi) is 1.47. The number of hydrogen-bond acceptors (Lipinski definition) is 1. The van der Waals surface area contributed by atoms with Gasteiger partial charge in [0.15, 0.2) is 0 Å². The van der Waals surface area contributed by atoms with Gasteiger partial charge in [0.25, 0.3) is 0 Å². The van der Waals surface area contributed by atoms with Crippen molar-refractivity contribution < 1.29 is 0 Å². The summed E-state index contributed by atoms with van der Waals surface area (Å²) in [4.78, 5) is 0. The molecule has 0 saturated heterocycles. The lowest BCUT2D eigenvalue weighted by Crippen LogP contribution is -1.95. The van der Waals surface area contributed by atoms with Crippen molar-refractivity contribution in [2.24, 2.45) is 5.73 Å². The molecule has 0 saturated carbocycles. The predicted molar refractivity (Wildman–Crippen MR) is 37.1 cm³/mol. The Balaban J connectivity index is 3.04. The van der Waals surface area contributed by atoms with Crippen LogP contribution in [-0.2, 0) is 0 Å². The SMILES string of the molecule is CC1=C(N)C#CCC#C1. The summed E-state index contributed by atoms with van der Waals surface area (Å²) < 4.78 is 0. The molecule has 0 aromatic rings. The molecule has 0 atom stereocenters. The van der Waals surface area contributed by atoms with E-state index in [9.17, 15) is 0 Å². The molecule has 0 aromatic carbocycles. The number of nitrogens with two attached hydrogens (primary N) is 1. The summed E-state index contributed by atoms with van der Waals surface area (Å²) in [6.45, 7) is 1.88. The van der Waals surface area contributed by atoms with Crippen molar-refractivity contribution in [1.29, 1.82) is 0 Å². The average molecular weight is 117 g/mol. The van der Waals surface area contributed by atoms with Gasteiger partial charge >= 0.3 is 0 Å². The Bertz CT molecular complexity index is 234. The topological polar surface area (TPSA) is 26.0 Å². The monoisotopic (exact) mass is 117 g/mol. The molecule has 1 heteroatoms. The Labute approximate surface area is 54.9 Å². The molecule has 1 rings (SSSR count). The largest absolute Gasteiger partial charge is 0.391 e. The highest BCUT2D eigenvalue weighted by molar-refractivity contribution is 5.43. The molecule has 0 radical (unpaired) electrons. The highest BCUT2D eigenvalue weighted by atomic mass is 14.6. The molecule has 1 aliphatic rings. The van der Waals surface area contributed by atoms with Gasteiger partial charge in [-0.2, -0.15) is 0 Å². The summed E-state index contributed by atoms with van der Waals surface area (Å²) in [5.74, 6) is 11.3. The van der Waals surface area contributed by atoms with Gasteiger partial charge in [-0.3, -0.25) is 0 Å². The first-order chi connectivity index (χ1) is 4.30. The van der Waals surface area contributed by atoms with Gasteiger partial charge in [0, 0.05) is 5.57 Å². The molecule has 0 bridgehead atoms. The van der Waals surface area contributed by atoms with Crippen LogP contribution in [-0.4, -0.2) is 0 Å². The minimum atomic E-state index is 0.611. The fourth-order valence-electron chi connectivity index (χ4n) is 0.521. The molecule has 1 nitrogen and oxygen atoms in total. The lowest BCUT2D eigenvalue weighted by atomic mass is 10.2. The Morgan fingerprint density at radius 1 is 1.33 bits per heavy atom. The smallest absolute Gasteiger partial charge is 0.0941 e. The molecule has 44 valence electrons. The molecule has 9 heavy (non-hydrogen) atoms. The molecule has 0 aliphatic heterocycles. The number of rotatable bonds is 0. The van der Waals surface area contributed by atoms with Crippen LogP contribution in [0.2, 0.25) is 0 Å². The van der Waals surface area contributed by atoms with Crippen molar-refractivity contribution in [2.45, 2.75) is 13.3 Å². The van der Waals surface area contributed by atoms with E-state index in [4.69, 9.17) is 5.73 Å². The van der Waals surface area contributed by atoms with Crippen LogP contribution in [0.15, 0.2) is 11.3 Å². The Morgan fingerprint density at radius 3 is 2.78 bits per heavy atom. The van der Waals surface area contributed by atoms with E-state index in [0.29, 0.717) is 12.1 Å². The average Bonchev–Trinajstić information content (AvgIpc) is 1.99. The first-order valence-corrected chi connectivity index (χ1v) is 2.75. The third-order valence-electron chi connectivity index (χ3n) is 1.08. The standard InChI is InChI=1S/C8H7N/c1-7-5-3-2-4-6-8(7)9/h2,9H2,1H3. The lowest BCUT2D eigenvalue weighted by Gasteiger charge is -1.87. The van der Waals surface area contributed by atoms with Crippen LogP contribution >= 0.6 is 0 Å². The Morgan fingerprint density at radius 2 is 2.00 bits per heavy atom. The predicted octanol–water partition coefficient (Wildman–Crippen LogP) is 0.630. The minimum Gasteiger partial charge on any atom is -0.391 e. The highest BCUT2D eigenvalue weighted by Crippen LogP contribution is 1.96. The third-order valence-corrected chi connectivity index (χ3v) is 1.08. The van der Waals surface area contributed by atoms with Crippen molar-refractivity contribution in [1.82, 2.24) is 0 Å². The van der Waals surface area contributed by atoms with Crippen LogP contribution in [0.3, 0.4) is 0 Å². The first-order valence-electron chi connectivity index (χ1n) is 2.75. The highest BCUT2D eigenvalue weighted by Gasteiger charge is 1.89. The number of hydrogen-bond donors (Lipinski definition) is 1. The zero-order valence-corrected chi connectivity index (χ0v) is 5.28. The first kappa shape index (κ1) is 5.79. The van der Waals surface area contributed by atoms with Crippen molar-refractivity contribution in [3.8, 4) is 23.7 Å². The third kappa shape index (κ3) is 1.27. The summed E-state index contributed by atoms with van der Waals surface area (Å²) >= 11 is 0. The van der Waals surface area contributed by atoms with Gasteiger partial charge in [-0.05, 0) is 12.8 Å². The molecule has 0 amide bonds.